The minimum Gasteiger partial charge on any atom is -0.465 e. The summed E-state index contributed by atoms with van der Waals surface area (Å²) < 4.78 is 11.8. The summed E-state index contributed by atoms with van der Waals surface area (Å²) in [5.74, 6) is -0.209. The number of aliphatic hydroxyl groups is 3. The number of nitrogen functional groups attached to an aromatic ring is 1. The maximum absolute atomic E-state index is 12.1. The Morgan fingerprint density at radius 1 is 1.48 bits per heavy atom. The number of fused-ring (bicyclic) bond motifs is 1. The molecule has 10 nitrogen and oxygen atoms in total. The largest absolute Gasteiger partial charge is 0.465 e. The number of aliphatic hydroxyl groups excluding tert-OH is 3. The van der Waals surface area contributed by atoms with Gasteiger partial charge in [-0.15, -0.1) is 0 Å². The summed E-state index contributed by atoms with van der Waals surface area (Å²) in [7, 11) is 1.23. The molecule has 1 aliphatic rings. The van der Waals surface area contributed by atoms with E-state index >= 15 is 0 Å². The number of aromatic nitrogens is 3. The summed E-state index contributed by atoms with van der Waals surface area (Å²) in [5, 5.41) is 30.3. The Balaban J connectivity index is 2.22. The second-order valence-electron chi connectivity index (χ2n) is 6.21. The molecule has 25 heavy (non-hydrogen) atoms. The van der Waals surface area contributed by atoms with Crippen LogP contribution in [0.4, 0.5) is 5.82 Å². The summed E-state index contributed by atoms with van der Waals surface area (Å²) in [5.41, 5.74) is 4.94. The molecule has 2 aromatic heterocycles. The molecule has 4 atom stereocenters. The molecule has 1 saturated heterocycles. The van der Waals surface area contributed by atoms with Crippen molar-refractivity contribution in [2.24, 2.45) is 0 Å². The minimum absolute atomic E-state index is 0.0830. The standard InChI is InChI=1S/C15H20N4O6/c1-6-17-11(16)8-7(14(23)24-3)4-19(12(8)18-6)13-9(21)10(22)15(2,5-20)25-13/h4,9-10,13,20-22H,5H2,1-3H3,(H2,16,17,18)/t9-,10+,13-,15-/m1/s1. The van der Waals surface area contributed by atoms with E-state index in [0.717, 1.165) is 0 Å². The van der Waals surface area contributed by atoms with Crippen LogP contribution in [0.3, 0.4) is 0 Å². The smallest absolute Gasteiger partial charge is 0.340 e. The van der Waals surface area contributed by atoms with Gasteiger partial charge in [0.25, 0.3) is 0 Å². The molecule has 136 valence electrons. The van der Waals surface area contributed by atoms with E-state index in [1.807, 2.05) is 0 Å². The number of hydrogen-bond donors (Lipinski definition) is 4. The van der Waals surface area contributed by atoms with E-state index in [4.69, 9.17) is 15.2 Å². The second kappa shape index (κ2) is 5.92. The number of methoxy groups -OCH3 is 1. The Bertz CT molecular complexity index is 837. The number of hydrogen-bond acceptors (Lipinski definition) is 9. The first kappa shape index (κ1) is 17.5. The third kappa shape index (κ3) is 2.54. The van der Waals surface area contributed by atoms with Gasteiger partial charge in [-0.1, -0.05) is 0 Å². The van der Waals surface area contributed by atoms with Gasteiger partial charge < -0.3 is 35.1 Å². The van der Waals surface area contributed by atoms with Crippen molar-refractivity contribution in [1.29, 1.82) is 0 Å². The lowest BCUT2D eigenvalue weighted by Gasteiger charge is -2.24. The molecule has 0 amide bonds. The van der Waals surface area contributed by atoms with E-state index in [0.29, 0.717) is 5.82 Å². The van der Waals surface area contributed by atoms with E-state index < -0.39 is 36.6 Å². The number of nitrogens with two attached hydrogens (primary N) is 1. The number of rotatable bonds is 3. The first-order chi connectivity index (χ1) is 11.7. The highest BCUT2D eigenvalue weighted by Crippen LogP contribution is 2.39. The summed E-state index contributed by atoms with van der Waals surface area (Å²) in [6.07, 6.45) is -2.39. The van der Waals surface area contributed by atoms with Crippen molar-refractivity contribution >= 4 is 22.8 Å². The Morgan fingerprint density at radius 3 is 2.72 bits per heavy atom. The quantitative estimate of drug-likeness (QED) is 0.515. The molecule has 0 saturated carbocycles. The lowest BCUT2D eigenvalue weighted by Crippen LogP contribution is -2.43. The van der Waals surface area contributed by atoms with Gasteiger partial charge in [-0.3, -0.25) is 0 Å². The summed E-state index contributed by atoms with van der Waals surface area (Å²) in [6.45, 7) is 2.60. The number of ether oxygens (including phenoxy) is 2. The van der Waals surface area contributed by atoms with Crippen LogP contribution >= 0.6 is 0 Å². The van der Waals surface area contributed by atoms with Crippen LogP contribution in [0.1, 0.15) is 29.3 Å². The summed E-state index contributed by atoms with van der Waals surface area (Å²) in [6, 6.07) is 0. The molecule has 10 heteroatoms. The van der Waals surface area contributed by atoms with Crippen molar-refractivity contribution in [3.8, 4) is 0 Å². The SMILES string of the molecule is COC(=O)c1cn([C@@H]2O[C@](C)(CO)[C@@H](O)[C@H]2O)c2nc(C)nc(N)c12. The van der Waals surface area contributed by atoms with Crippen molar-refractivity contribution in [2.45, 2.75) is 37.9 Å². The van der Waals surface area contributed by atoms with Gasteiger partial charge in [-0.05, 0) is 13.8 Å². The van der Waals surface area contributed by atoms with E-state index in [-0.39, 0.29) is 22.4 Å². The zero-order valence-electron chi connectivity index (χ0n) is 14.0. The van der Waals surface area contributed by atoms with Crippen LogP contribution in [0.2, 0.25) is 0 Å². The van der Waals surface area contributed by atoms with Crippen LogP contribution in [-0.4, -0.2) is 67.3 Å². The number of anilines is 1. The maximum atomic E-state index is 12.1. The number of carbonyl (C=O) groups is 1. The van der Waals surface area contributed by atoms with Gasteiger partial charge in [-0.2, -0.15) is 0 Å². The fourth-order valence-corrected chi connectivity index (χ4v) is 3.03. The molecule has 3 heterocycles. The van der Waals surface area contributed by atoms with Crippen LogP contribution in [-0.2, 0) is 9.47 Å². The van der Waals surface area contributed by atoms with Gasteiger partial charge in [0.05, 0.1) is 24.7 Å². The number of nitrogens with zero attached hydrogens (tertiary/aromatic N) is 3. The molecule has 0 aliphatic carbocycles. The van der Waals surface area contributed by atoms with Crippen molar-refractivity contribution in [1.82, 2.24) is 14.5 Å². The van der Waals surface area contributed by atoms with Gasteiger partial charge in [0.15, 0.2) is 6.23 Å². The van der Waals surface area contributed by atoms with Crippen molar-refractivity contribution < 1.29 is 29.6 Å². The average molecular weight is 352 g/mol. The van der Waals surface area contributed by atoms with E-state index in [1.54, 1.807) is 6.92 Å². The lowest BCUT2D eigenvalue weighted by molar-refractivity contribution is -0.115. The van der Waals surface area contributed by atoms with Crippen molar-refractivity contribution in [3.63, 3.8) is 0 Å². The Morgan fingerprint density at radius 2 is 2.16 bits per heavy atom. The van der Waals surface area contributed by atoms with Gasteiger partial charge in [0.2, 0.25) is 0 Å². The van der Waals surface area contributed by atoms with Gasteiger partial charge >= 0.3 is 5.97 Å². The molecule has 0 radical (unpaired) electrons. The number of esters is 1. The lowest BCUT2D eigenvalue weighted by atomic mass is 9.99. The fourth-order valence-electron chi connectivity index (χ4n) is 3.03. The zero-order valence-corrected chi connectivity index (χ0v) is 14.0. The Hall–Kier alpha value is -2.27. The maximum Gasteiger partial charge on any atom is 0.340 e. The molecule has 0 bridgehead atoms. The van der Waals surface area contributed by atoms with Crippen molar-refractivity contribution in [2.75, 3.05) is 19.5 Å². The van der Waals surface area contributed by atoms with E-state index in [1.165, 1.54) is 24.8 Å². The molecule has 0 spiro atoms. The molecule has 1 aliphatic heterocycles. The monoisotopic (exact) mass is 352 g/mol. The van der Waals surface area contributed by atoms with Crippen LogP contribution < -0.4 is 5.73 Å². The molecule has 0 aromatic carbocycles. The van der Waals surface area contributed by atoms with Gasteiger partial charge in [0.1, 0.15) is 35.1 Å². The molecular weight excluding hydrogens is 332 g/mol. The highest BCUT2D eigenvalue weighted by molar-refractivity contribution is 6.07. The molecular formula is C15H20N4O6. The third-order valence-corrected chi connectivity index (χ3v) is 4.44. The molecule has 1 fully saturated rings. The van der Waals surface area contributed by atoms with Crippen LogP contribution in [0.25, 0.3) is 11.0 Å². The first-order valence-corrected chi connectivity index (χ1v) is 7.61. The first-order valence-electron chi connectivity index (χ1n) is 7.61. The Labute approximate surface area is 142 Å². The number of aryl methyl sites for hydroxylation is 1. The summed E-state index contributed by atoms with van der Waals surface area (Å²) in [4.78, 5) is 20.4. The average Bonchev–Trinajstić information content (AvgIpc) is 3.06. The third-order valence-electron chi connectivity index (χ3n) is 4.44. The zero-order chi connectivity index (χ0) is 18.5. The van der Waals surface area contributed by atoms with Crippen LogP contribution in [0, 0.1) is 6.92 Å². The molecule has 3 rings (SSSR count). The van der Waals surface area contributed by atoms with Crippen molar-refractivity contribution in [3.05, 3.63) is 17.6 Å². The highest BCUT2D eigenvalue weighted by atomic mass is 16.6. The van der Waals surface area contributed by atoms with Crippen LogP contribution in [0.5, 0.6) is 0 Å². The second-order valence-corrected chi connectivity index (χ2v) is 6.21. The highest BCUT2D eigenvalue weighted by Gasteiger charge is 2.52. The number of carbonyl (C=O) groups excluding carboxylic acids is 1. The topological polar surface area (TPSA) is 153 Å². The van der Waals surface area contributed by atoms with E-state index in [2.05, 4.69) is 9.97 Å². The minimum atomic E-state index is -1.36. The van der Waals surface area contributed by atoms with Gasteiger partial charge in [-0.25, -0.2) is 14.8 Å². The van der Waals surface area contributed by atoms with Crippen LogP contribution in [0.15, 0.2) is 6.20 Å². The fraction of sp³-hybridized carbons (Fsp3) is 0.533. The predicted octanol–water partition coefficient (Wildman–Crippen LogP) is -0.890. The molecule has 2 aromatic rings. The van der Waals surface area contributed by atoms with E-state index in [9.17, 15) is 20.1 Å². The molecule has 5 N–H and O–H groups in total. The Kier molecular flexibility index (Phi) is 4.15. The van der Waals surface area contributed by atoms with Gasteiger partial charge in [0, 0.05) is 6.20 Å². The normalized spacial score (nSPS) is 29.3. The summed E-state index contributed by atoms with van der Waals surface area (Å²) >= 11 is 0. The molecule has 0 unspecified atom stereocenters. The predicted molar refractivity (Wildman–Crippen MR) is 85.6 cm³/mol.